The molecule has 0 N–H and O–H groups in total. The van der Waals surface area contributed by atoms with Crippen molar-refractivity contribution in [1.82, 2.24) is 0 Å². The Kier molecular flexibility index (Phi) is 4.35. The standard InChI is InChI=1S/C16H17NO2/c1-12-3-2-4-14(16(12)18)11-13-5-7-15(8-6-13)19-10-9-17/h5-8,11-12H,2-4,10H2,1H3/b14-11+/t12-/m1/s1. The number of nitrogens with zero attached hydrogens (tertiary/aromatic N) is 1. The minimum absolute atomic E-state index is 0.0520. The number of carbonyl (C=O) groups excluding carboxylic acids is 1. The number of hydrogen-bond donors (Lipinski definition) is 0. The minimum atomic E-state index is 0.0520. The van der Waals surface area contributed by atoms with Crippen molar-refractivity contribution in [3.8, 4) is 11.8 Å². The van der Waals surface area contributed by atoms with Crippen molar-refractivity contribution in [2.24, 2.45) is 5.92 Å². The Morgan fingerprint density at radius 3 is 2.84 bits per heavy atom. The second-order valence-corrected chi connectivity index (χ2v) is 4.84. The van der Waals surface area contributed by atoms with E-state index < -0.39 is 0 Å². The van der Waals surface area contributed by atoms with Crippen molar-refractivity contribution < 1.29 is 9.53 Å². The number of ketones is 1. The molecule has 1 aromatic carbocycles. The summed E-state index contributed by atoms with van der Waals surface area (Å²) in [6.07, 6.45) is 4.92. The molecule has 0 heterocycles. The van der Waals surface area contributed by atoms with Gasteiger partial charge in [-0.05, 0) is 48.6 Å². The van der Waals surface area contributed by atoms with E-state index >= 15 is 0 Å². The van der Waals surface area contributed by atoms with Crippen LogP contribution in [0.5, 0.6) is 5.75 Å². The Hall–Kier alpha value is -2.08. The van der Waals surface area contributed by atoms with Gasteiger partial charge < -0.3 is 4.74 Å². The van der Waals surface area contributed by atoms with Gasteiger partial charge in [0.05, 0.1) is 0 Å². The second kappa shape index (κ2) is 6.19. The summed E-state index contributed by atoms with van der Waals surface area (Å²) in [5, 5.41) is 8.43. The first-order valence-corrected chi connectivity index (χ1v) is 6.55. The summed E-state index contributed by atoms with van der Waals surface area (Å²) in [4.78, 5) is 12.0. The van der Waals surface area contributed by atoms with E-state index in [9.17, 15) is 4.79 Å². The van der Waals surface area contributed by atoms with Crippen LogP contribution in [-0.2, 0) is 4.79 Å². The summed E-state index contributed by atoms with van der Waals surface area (Å²) in [6.45, 7) is 2.05. The summed E-state index contributed by atoms with van der Waals surface area (Å²) >= 11 is 0. The molecule has 1 aliphatic carbocycles. The Labute approximate surface area is 113 Å². The van der Waals surface area contributed by atoms with Crippen LogP contribution in [-0.4, -0.2) is 12.4 Å². The molecule has 0 unspecified atom stereocenters. The lowest BCUT2D eigenvalue weighted by atomic mass is 9.84. The Bertz CT molecular complexity index is 523. The molecule has 0 saturated heterocycles. The second-order valence-electron chi connectivity index (χ2n) is 4.84. The van der Waals surface area contributed by atoms with Gasteiger partial charge in [-0.25, -0.2) is 0 Å². The number of ether oxygens (including phenoxy) is 1. The van der Waals surface area contributed by atoms with Gasteiger partial charge >= 0.3 is 0 Å². The SMILES string of the molecule is C[C@@H]1CCC/C(=C\c2ccc(OCC#N)cc2)C1=O. The quantitative estimate of drug-likeness (QED) is 0.778. The van der Waals surface area contributed by atoms with Crippen LogP contribution >= 0.6 is 0 Å². The van der Waals surface area contributed by atoms with Gasteiger partial charge in [0, 0.05) is 5.92 Å². The van der Waals surface area contributed by atoms with Crippen LogP contribution in [0.2, 0.25) is 0 Å². The van der Waals surface area contributed by atoms with Gasteiger partial charge in [-0.1, -0.05) is 19.1 Å². The highest BCUT2D eigenvalue weighted by molar-refractivity contribution is 6.01. The van der Waals surface area contributed by atoms with Crippen molar-refractivity contribution in [3.63, 3.8) is 0 Å². The Morgan fingerprint density at radius 2 is 2.16 bits per heavy atom. The van der Waals surface area contributed by atoms with Crippen LogP contribution in [0.15, 0.2) is 29.8 Å². The number of nitriles is 1. The van der Waals surface area contributed by atoms with Gasteiger partial charge in [-0.3, -0.25) is 4.79 Å². The van der Waals surface area contributed by atoms with Gasteiger partial charge in [-0.15, -0.1) is 0 Å². The average molecular weight is 255 g/mol. The molecule has 0 radical (unpaired) electrons. The topological polar surface area (TPSA) is 50.1 Å². The Morgan fingerprint density at radius 1 is 1.42 bits per heavy atom. The fourth-order valence-electron chi connectivity index (χ4n) is 2.29. The molecule has 19 heavy (non-hydrogen) atoms. The maximum Gasteiger partial charge on any atom is 0.174 e. The zero-order chi connectivity index (χ0) is 13.7. The zero-order valence-electron chi connectivity index (χ0n) is 11.1. The monoisotopic (exact) mass is 255 g/mol. The van der Waals surface area contributed by atoms with E-state index in [0.29, 0.717) is 5.75 Å². The fraction of sp³-hybridized carbons (Fsp3) is 0.375. The summed E-state index contributed by atoms with van der Waals surface area (Å²) in [6, 6.07) is 9.39. The van der Waals surface area contributed by atoms with E-state index in [0.717, 1.165) is 30.4 Å². The minimum Gasteiger partial charge on any atom is -0.479 e. The zero-order valence-corrected chi connectivity index (χ0v) is 11.1. The van der Waals surface area contributed by atoms with Gasteiger partial charge in [-0.2, -0.15) is 5.26 Å². The first-order valence-electron chi connectivity index (χ1n) is 6.55. The molecule has 3 nitrogen and oxygen atoms in total. The first kappa shape index (κ1) is 13.4. The third-order valence-electron chi connectivity index (χ3n) is 3.37. The van der Waals surface area contributed by atoms with Crippen molar-refractivity contribution in [1.29, 1.82) is 5.26 Å². The van der Waals surface area contributed by atoms with Crippen LogP contribution in [0, 0.1) is 17.2 Å². The predicted octanol–water partition coefficient (Wildman–Crippen LogP) is 3.36. The van der Waals surface area contributed by atoms with Crippen molar-refractivity contribution in [3.05, 3.63) is 35.4 Å². The van der Waals surface area contributed by atoms with E-state index in [1.807, 2.05) is 43.3 Å². The molecule has 2 rings (SSSR count). The summed E-state index contributed by atoms with van der Waals surface area (Å²) in [5.74, 6) is 1.10. The lowest BCUT2D eigenvalue weighted by Gasteiger charge is -2.19. The highest BCUT2D eigenvalue weighted by Gasteiger charge is 2.22. The van der Waals surface area contributed by atoms with E-state index in [1.165, 1.54) is 0 Å². The van der Waals surface area contributed by atoms with Crippen LogP contribution in [0.1, 0.15) is 31.7 Å². The normalized spacial score (nSPS) is 21.2. The van der Waals surface area contributed by atoms with Crippen molar-refractivity contribution in [2.45, 2.75) is 26.2 Å². The number of allylic oxidation sites excluding steroid dienone is 1. The van der Waals surface area contributed by atoms with Gasteiger partial charge in [0.2, 0.25) is 0 Å². The molecule has 1 fully saturated rings. The van der Waals surface area contributed by atoms with Crippen LogP contribution in [0.4, 0.5) is 0 Å². The smallest absolute Gasteiger partial charge is 0.174 e. The molecule has 98 valence electrons. The summed E-state index contributed by atoms with van der Waals surface area (Å²) < 4.78 is 5.19. The molecule has 0 aliphatic heterocycles. The van der Waals surface area contributed by atoms with Crippen LogP contribution < -0.4 is 4.74 Å². The number of rotatable bonds is 3. The van der Waals surface area contributed by atoms with Gasteiger partial charge in [0.15, 0.2) is 12.4 Å². The summed E-state index contributed by atoms with van der Waals surface area (Å²) in [5.41, 5.74) is 1.92. The van der Waals surface area contributed by atoms with E-state index in [2.05, 4.69) is 0 Å². The molecule has 1 atom stereocenters. The van der Waals surface area contributed by atoms with Gasteiger partial charge in [0.1, 0.15) is 11.8 Å². The van der Waals surface area contributed by atoms with Crippen LogP contribution in [0.25, 0.3) is 6.08 Å². The van der Waals surface area contributed by atoms with E-state index in [1.54, 1.807) is 0 Å². The largest absolute Gasteiger partial charge is 0.479 e. The molecule has 1 aliphatic rings. The third kappa shape index (κ3) is 3.45. The lowest BCUT2D eigenvalue weighted by molar-refractivity contribution is -0.119. The first-order chi connectivity index (χ1) is 9.20. The maximum absolute atomic E-state index is 12.0. The molecule has 0 bridgehead atoms. The summed E-state index contributed by atoms with van der Waals surface area (Å²) in [7, 11) is 0. The molecule has 1 aromatic rings. The molecule has 0 aromatic heterocycles. The molecule has 0 spiro atoms. The van der Waals surface area contributed by atoms with E-state index in [-0.39, 0.29) is 18.3 Å². The predicted molar refractivity (Wildman–Crippen MR) is 73.5 cm³/mol. The number of benzene rings is 1. The molecular formula is C16H17NO2. The average Bonchev–Trinajstić information content (AvgIpc) is 2.43. The van der Waals surface area contributed by atoms with Crippen molar-refractivity contribution in [2.75, 3.05) is 6.61 Å². The van der Waals surface area contributed by atoms with Crippen LogP contribution in [0.3, 0.4) is 0 Å². The maximum atomic E-state index is 12.0. The highest BCUT2D eigenvalue weighted by Crippen LogP contribution is 2.26. The third-order valence-corrected chi connectivity index (χ3v) is 3.37. The van der Waals surface area contributed by atoms with Crippen molar-refractivity contribution >= 4 is 11.9 Å². The highest BCUT2D eigenvalue weighted by atomic mass is 16.5. The number of hydrogen-bond acceptors (Lipinski definition) is 3. The molecule has 0 amide bonds. The lowest BCUT2D eigenvalue weighted by Crippen LogP contribution is -2.18. The number of carbonyl (C=O) groups is 1. The number of Topliss-reactive ketones (excluding diaryl/α,β-unsaturated/α-hetero) is 1. The molecular weight excluding hydrogens is 238 g/mol. The molecule has 1 saturated carbocycles. The van der Waals surface area contributed by atoms with E-state index in [4.69, 9.17) is 10.00 Å². The Balaban J connectivity index is 2.10. The van der Waals surface area contributed by atoms with Gasteiger partial charge in [0.25, 0.3) is 0 Å². The fourth-order valence-corrected chi connectivity index (χ4v) is 2.29. The molecule has 3 heteroatoms.